The molecule has 0 aliphatic rings. The van der Waals surface area contributed by atoms with E-state index in [0.29, 0.717) is 5.02 Å². The SMILES string of the molecule is CC(C)(O)c1ccc(Cl)cc1-c1ccc2ccccc2c1. The van der Waals surface area contributed by atoms with Gasteiger partial charge in [-0.15, -0.1) is 0 Å². The third-order valence-corrected chi connectivity index (χ3v) is 3.94. The highest BCUT2D eigenvalue weighted by molar-refractivity contribution is 6.30. The maximum Gasteiger partial charge on any atom is 0.0846 e. The molecule has 2 heteroatoms. The van der Waals surface area contributed by atoms with Crippen LogP contribution in [0.15, 0.2) is 60.7 Å². The standard InChI is InChI=1S/C19H17ClO/c1-19(2,21)18-10-9-16(20)12-17(18)15-8-7-13-5-3-4-6-14(13)11-15/h3-12,21H,1-2H3. The first kappa shape index (κ1) is 14.1. The molecule has 3 rings (SSSR count). The lowest BCUT2D eigenvalue weighted by Gasteiger charge is -2.22. The Kier molecular flexibility index (Phi) is 3.48. The first-order chi connectivity index (χ1) is 9.95. The number of rotatable bonds is 2. The summed E-state index contributed by atoms with van der Waals surface area (Å²) in [5.41, 5.74) is 2.00. The van der Waals surface area contributed by atoms with E-state index in [0.717, 1.165) is 16.7 Å². The Morgan fingerprint density at radius 1 is 0.857 bits per heavy atom. The second-order valence-electron chi connectivity index (χ2n) is 5.81. The van der Waals surface area contributed by atoms with Crippen molar-refractivity contribution >= 4 is 22.4 Å². The maximum absolute atomic E-state index is 10.4. The van der Waals surface area contributed by atoms with E-state index in [2.05, 4.69) is 30.3 Å². The van der Waals surface area contributed by atoms with Gasteiger partial charge in [-0.2, -0.15) is 0 Å². The van der Waals surface area contributed by atoms with Crippen LogP contribution in [0.3, 0.4) is 0 Å². The second-order valence-corrected chi connectivity index (χ2v) is 6.25. The maximum atomic E-state index is 10.4. The molecular formula is C19H17ClO. The molecule has 0 aliphatic heterocycles. The van der Waals surface area contributed by atoms with Gasteiger partial charge >= 0.3 is 0 Å². The van der Waals surface area contributed by atoms with E-state index in [1.165, 1.54) is 10.8 Å². The van der Waals surface area contributed by atoms with Crippen LogP contribution in [0.25, 0.3) is 21.9 Å². The molecule has 0 radical (unpaired) electrons. The summed E-state index contributed by atoms with van der Waals surface area (Å²) in [5.74, 6) is 0. The summed E-state index contributed by atoms with van der Waals surface area (Å²) < 4.78 is 0. The average molecular weight is 297 g/mol. The molecule has 3 aromatic rings. The summed E-state index contributed by atoms with van der Waals surface area (Å²) in [6, 6.07) is 20.2. The van der Waals surface area contributed by atoms with Crippen molar-refractivity contribution in [3.63, 3.8) is 0 Å². The molecule has 3 aromatic carbocycles. The van der Waals surface area contributed by atoms with E-state index >= 15 is 0 Å². The quantitative estimate of drug-likeness (QED) is 0.672. The smallest absolute Gasteiger partial charge is 0.0846 e. The summed E-state index contributed by atoms with van der Waals surface area (Å²) >= 11 is 6.15. The van der Waals surface area contributed by atoms with Gasteiger partial charge in [0.05, 0.1) is 5.60 Å². The highest BCUT2D eigenvalue weighted by atomic mass is 35.5. The fourth-order valence-corrected chi connectivity index (χ4v) is 2.82. The highest BCUT2D eigenvalue weighted by Crippen LogP contribution is 2.35. The van der Waals surface area contributed by atoms with Crippen molar-refractivity contribution in [1.29, 1.82) is 0 Å². The Balaban J connectivity index is 2.24. The fourth-order valence-electron chi connectivity index (χ4n) is 2.65. The lowest BCUT2D eigenvalue weighted by molar-refractivity contribution is 0.0792. The average Bonchev–Trinajstić information content (AvgIpc) is 2.45. The molecule has 1 nitrogen and oxygen atoms in total. The minimum absolute atomic E-state index is 0.672. The molecule has 0 saturated heterocycles. The van der Waals surface area contributed by atoms with E-state index in [-0.39, 0.29) is 0 Å². The number of fused-ring (bicyclic) bond motifs is 1. The topological polar surface area (TPSA) is 20.2 Å². The second kappa shape index (κ2) is 5.18. The van der Waals surface area contributed by atoms with Gasteiger partial charge in [-0.25, -0.2) is 0 Å². The van der Waals surface area contributed by atoms with Crippen LogP contribution in [0.5, 0.6) is 0 Å². The van der Waals surface area contributed by atoms with Crippen molar-refractivity contribution in [3.05, 3.63) is 71.2 Å². The summed E-state index contributed by atoms with van der Waals surface area (Å²) in [5, 5.41) is 13.4. The molecule has 0 aromatic heterocycles. The summed E-state index contributed by atoms with van der Waals surface area (Å²) in [7, 11) is 0. The molecule has 0 saturated carbocycles. The molecule has 0 heterocycles. The monoisotopic (exact) mass is 296 g/mol. The molecule has 0 atom stereocenters. The summed E-state index contributed by atoms with van der Waals surface area (Å²) in [6.07, 6.45) is 0. The molecule has 0 spiro atoms. The number of halogens is 1. The van der Waals surface area contributed by atoms with Crippen LogP contribution in [0.4, 0.5) is 0 Å². The van der Waals surface area contributed by atoms with Crippen LogP contribution in [0.2, 0.25) is 5.02 Å². The molecule has 0 unspecified atom stereocenters. The number of aliphatic hydroxyl groups is 1. The minimum Gasteiger partial charge on any atom is -0.386 e. The van der Waals surface area contributed by atoms with E-state index in [9.17, 15) is 5.11 Å². The van der Waals surface area contributed by atoms with E-state index in [4.69, 9.17) is 11.6 Å². The first-order valence-corrected chi connectivity index (χ1v) is 7.34. The van der Waals surface area contributed by atoms with E-state index in [1.807, 2.05) is 30.3 Å². The van der Waals surface area contributed by atoms with Gasteiger partial charge in [-0.3, -0.25) is 0 Å². The van der Waals surface area contributed by atoms with Gasteiger partial charge in [-0.1, -0.05) is 54.1 Å². The first-order valence-electron chi connectivity index (χ1n) is 6.97. The Morgan fingerprint density at radius 3 is 2.29 bits per heavy atom. The minimum atomic E-state index is -0.911. The third-order valence-electron chi connectivity index (χ3n) is 3.70. The molecule has 1 N–H and O–H groups in total. The summed E-state index contributed by atoms with van der Waals surface area (Å²) in [4.78, 5) is 0. The van der Waals surface area contributed by atoms with Crippen LogP contribution in [0, 0.1) is 0 Å². The van der Waals surface area contributed by atoms with Gasteiger partial charge in [-0.05, 0) is 59.5 Å². The highest BCUT2D eigenvalue weighted by Gasteiger charge is 2.21. The molecule has 0 fully saturated rings. The van der Waals surface area contributed by atoms with Gasteiger partial charge in [0.1, 0.15) is 0 Å². The van der Waals surface area contributed by atoms with Gasteiger partial charge in [0, 0.05) is 5.02 Å². The van der Waals surface area contributed by atoms with E-state index in [1.54, 1.807) is 13.8 Å². The van der Waals surface area contributed by atoms with Gasteiger partial charge < -0.3 is 5.11 Å². The Labute approximate surface area is 129 Å². The number of hydrogen-bond acceptors (Lipinski definition) is 1. The van der Waals surface area contributed by atoms with Crippen LogP contribution < -0.4 is 0 Å². The van der Waals surface area contributed by atoms with Crippen LogP contribution in [0.1, 0.15) is 19.4 Å². The van der Waals surface area contributed by atoms with Crippen molar-refractivity contribution in [1.82, 2.24) is 0 Å². The third kappa shape index (κ3) is 2.80. The lowest BCUT2D eigenvalue weighted by Crippen LogP contribution is -2.16. The molecule has 0 amide bonds. The normalized spacial score (nSPS) is 11.8. The van der Waals surface area contributed by atoms with Crippen molar-refractivity contribution in [2.75, 3.05) is 0 Å². The fraction of sp³-hybridized carbons (Fsp3) is 0.158. The van der Waals surface area contributed by atoms with Crippen LogP contribution in [-0.2, 0) is 5.60 Å². The Hall–Kier alpha value is -1.83. The molecule has 21 heavy (non-hydrogen) atoms. The number of hydrogen-bond donors (Lipinski definition) is 1. The van der Waals surface area contributed by atoms with Crippen LogP contribution in [-0.4, -0.2) is 5.11 Å². The van der Waals surface area contributed by atoms with E-state index < -0.39 is 5.60 Å². The lowest BCUT2D eigenvalue weighted by atomic mass is 9.89. The van der Waals surface area contributed by atoms with Gasteiger partial charge in [0.15, 0.2) is 0 Å². The predicted molar refractivity (Wildman–Crippen MR) is 89.6 cm³/mol. The zero-order chi connectivity index (χ0) is 15.0. The molecule has 0 bridgehead atoms. The van der Waals surface area contributed by atoms with Crippen LogP contribution >= 0.6 is 11.6 Å². The summed E-state index contributed by atoms with van der Waals surface area (Å²) in [6.45, 7) is 3.58. The molecular weight excluding hydrogens is 280 g/mol. The van der Waals surface area contributed by atoms with Gasteiger partial charge in [0.25, 0.3) is 0 Å². The van der Waals surface area contributed by atoms with Crippen molar-refractivity contribution < 1.29 is 5.11 Å². The molecule has 0 aliphatic carbocycles. The Morgan fingerprint density at radius 2 is 1.57 bits per heavy atom. The van der Waals surface area contributed by atoms with Gasteiger partial charge in [0.2, 0.25) is 0 Å². The zero-order valence-corrected chi connectivity index (χ0v) is 12.9. The molecule has 106 valence electrons. The zero-order valence-electron chi connectivity index (χ0n) is 12.1. The Bertz CT molecular complexity index is 800. The number of benzene rings is 3. The van der Waals surface area contributed by atoms with Crippen molar-refractivity contribution in [2.24, 2.45) is 0 Å². The largest absolute Gasteiger partial charge is 0.386 e. The predicted octanol–water partition coefficient (Wildman–Crippen LogP) is 5.39. The van der Waals surface area contributed by atoms with Crippen molar-refractivity contribution in [2.45, 2.75) is 19.4 Å². The van der Waals surface area contributed by atoms with Crippen molar-refractivity contribution in [3.8, 4) is 11.1 Å².